The standard InChI is InChI=1S/C10H15NO5S/c1-14-8-4-5-9(15-2)10(17(3,12)13)7(8)6-16-11/h4-5H,6,11H2,1-3H3. The number of methoxy groups -OCH3 is 2. The molecule has 2 N–H and O–H groups in total. The van der Waals surface area contributed by atoms with E-state index in [-0.39, 0.29) is 17.3 Å². The van der Waals surface area contributed by atoms with Crippen LogP contribution in [0.1, 0.15) is 5.56 Å². The van der Waals surface area contributed by atoms with Gasteiger partial charge in [0.1, 0.15) is 16.4 Å². The maximum absolute atomic E-state index is 11.7. The van der Waals surface area contributed by atoms with E-state index in [1.54, 1.807) is 6.07 Å². The first kappa shape index (κ1) is 13.8. The summed E-state index contributed by atoms with van der Waals surface area (Å²) < 4.78 is 33.6. The molecule has 1 aromatic rings. The summed E-state index contributed by atoms with van der Waals surface area (Å²) in [6, 6.07) is 3.12. The van der Waals surface area contributed by atoms with E-state index in [2.05, 4.69) is 4.84 Å². The molecule has 7 heteroatoms. The first-order chi connectivity index (χ1) is 7.95. The van der Waals surface area contributed by atoms with E-state index in [1.807, 2.05) is 0 Å². The van der Waals surface area contributed by atoms with Gasteiger partial charge in [-0.25, -0.2) is 14.3 Å². The molecule has 1 rings (SSSR count). The van der Waals surface area contributed by atoms with Crippen LogP contribution in [0.15, 0.2) is 17.0 Å². The van der Waals surface area contributed by atoms with Crippen molar-refractivity contribution in [2.24, 2.45) is 5.90 Å². The zero-order valence-electron chi connectivity index (χ0n) is 9.89. The zero-order chi connectivity index (χ0) is 13.1. The van der Waals surface area contributed by atoms with Gasteiger partial charge >= 0.3 is 0 Å². The van der Waals surface area contributed by atoms with Gasteiger partial charge in [0, 0.05) is 11.8 Å². The molecule has 0 aliphatic heterocycles. The number of sulfone groups is 1. The molecular weight excluding hydrogens is 246 g/mol. The molecule has 0 atom stereocenters. The molecule has 0 radical (unpaired) electrons. The van der Waals surface area contributed by atoms with Crippen LogP contribution < -0.4 is 15.4 Å². The Hall–Kier alpha value is -1.31. The minimum Gasteiger partial charge on any atom is -0.496 e. The van der Waals surface area contributed by atoms with Gasteiger partial charge in [-0.2, -0.15) is 0 Å². The maximum Gasteiger partial charge on any atom is 0.179 e. The van der Waals surface area contributed by atoms with E-state index < -0.39 is 9.84 Å². The highest BCUT2D eigenvalue weighted by Crippen LogP contribution is 2.34. The third-order valence-corrected chi connectivity index (χ3v) is 3.41. The first-order valence-electron chi connectivity index (χ1n) is 4.71. The quantitative estimate of drug-likeness (QED) is 0.776. The summed E-state index contributed by atoms with van der Waals surface area (Å²) >= 11 is 0. The van der Waals surface area contributed by atoms with Gasteiger partial charge in [0.25, 0.3) is 0 Å². The Balaban J connectivity index is 3.58. The van der Waals surface area contributed by atoms with Crippen LogP contribution in [0.5, 0.6) is 11.5 Å². The third kappa shape index (κ3) is 2.87. The molecule has 0 saturated carbocycles. The second-order valence-electron chi connectivity index (χ2n) is 3.36. The third-order valence-electron chi connectivity index (χ3n) is 2.22. The normalized spacial score (nSPS) is 11.3. The van der Waals surface area contributed by atoms with Gasteiger partial charge in [0.05, 0.1) is 20.8 Å². The highest BCUT2D eigenvalue weighted by atomic mass is 32.2. The van der Waals surface area contributed by atoms with Gasteiger partial charge in [-0.15, -0.1) is 0 Å². The van der Waals surface area contributed by atoms with Crippen LogP contribution in [-0.4, -0.2) is 28.9 Å². The number of hydrogen-bond donors (Lipinski definition) is 1. The van der Waals surface area contributed by atoms with Crippen molar-refractivity contribution in [1.29, 1.82) is 0 Å². The number of benzene rings is 1. The van der Waals surface area contributed by atoms with Crippen LogP contribution in [0.25, 0.3) is 0 Å². The Morgan fingerprint density at radius 3 is 2.12 bits per heavy atom. The van der Waals surface area contributed by atoms with Crippen LogP contribution in [0, 0.1) is 0 Å². The first-order valence-corrected chi connectivity index (χ1v) is 6.60. The van der Waals surface area contributed by atoms with E-state index >= 15 is 0 Å². The molecule has 0 spiro atoms. The molecule has 6 nitrogen and oxygen atoms in total. The molecular formula is C10H15NO5S. The van der Waals surface area contributed by atoms with E-state index in [1.165, 1.54) is 20.3 Å². The SMILES string of the molecule is COc1ccc(OC)c(S(C)(=O)=O)c1CON. The van der Waals surface area contributed by atoms with E-state index in [0.29, 0.717) is 11.3 Å². The predicted molar refractivity (Wildman–Crippen MR) is 61.6 cm³/mol. The lowest BCUT2D eigenvalue weighted by Gasteiger charge is -2.15. The van der Waals surface area contributed by atoms with Gasteiger partial charge in [-0.3, -0.25) is 4.84 Å². The van der Waals surface area contributed by atoms with Gasteiger partial charge in [0.2, 0.25) is 0 Å². The lowest BCUT2D eigenvalue weighted by molar-refractivity contribution is 0.120. The van der Waals surface area contributed by atoms with Crippen LogP contribution in [0.2, 0.25) is 0 Å². The van der Waals surface area contributed by atoms with Crippen LogP contribution in [0.3, 0.4) is 0 Å². The summed E-state index contributed by atoms with van der Waals surface area (Å²) in [6.07, 6.45) is 1.09. The summed E-state index contributed by atoms with van der Waals surface area (Å²) in [4.78, 5) is 4.54. The molecule has 0 fully saturated rings. The van der Waals surface area contributed by atoms with Crippen molar-refractivity contribution in [3.05, 3.63) is 17.7 Å². The van der Waals surface area contributed by atoms with Crippen LogP contribution in [-0.2, 0) is 21.3 Å². The second kappa shape index (κ2) is 5.35. The topological polar surface area (TPSA) is 87.8 Å². The number of nitrogens with two attached hydrogens (primary N) is 1. The predicted octanol–water partition coefficient (Wildman–Crippen LogP) is 0.498. The van der Waals surface area contributed by atoms with Gasteiger partial charge in [-0.1, -0.05) is 0 Å². The van der Waals surface area contributed by atoms with Gasteiger partial charge < -0.3 is 9.47 Å². The zero-order valence-corrected chi connectivity index (χ0v) is 10.7. The van der Waals surface area contributed by atoms with Gasteiger partial charge in [-0.05, 0) is 12.1 Å². The molecule has 96 valence electrons. The van der Waals surface area contributed by atoms with Gasteiger partial charge in [0.15, 0.2) is 9.84 Å². The maximum atomic E-state index is 11.7. The molecule has 17 heavy (non-hydrogen) atoms. The Kier molecular flexibility index (Phi) is 4.33. The minimum atomic E-state index is -3.47. The average Bonchev–Trinajstić information content (AvgIpc) is 2.27. The van der Waals surface area contributed by atoms with Crippen LogP contribution >= 0.6 is 0 Å². The van der Waals surface area contributed by atoms with E-state index in [9.17, 15) is 8.42 Å². The molecule has 0 bridgehead atoms. The van der Waals surface area contributed by atoms with Crippen molar-refractivity contribution < 1.29 is 22.7 Å². The fraction of sp³-hybridized carbons (Fsp3) is 0.400. The lowest BCUT2D eigenvalue weighted by Crippen LogP contribution is -2.10. The van der Waals surface area contributed by atoms with Crippen molar-refractivity contribution in [2.45, 2.75) is 11.5 Å². The van der Waals surface area contributed by atoms with Crippen molar-refractivity contribution in [1.82, 2.24) is 0 Å². The van der Waals surface area contributed by atoms with E-state index in [4.69, 9.17) is 15.4 Å². The molecule has 0 amide bonds. The summed E-state index contributed by atoms with van der Waals surface area (Å²) in [6.45, 7) is -0.0806. The van der Waals surface area contributed by atoms with Crippen molar-refractivity contribution in [3.63, 3.8) is 0 Å². The molecule has 0 aromatic heterocycles. The average molecular weight is 261 g/mol. The molecule has 1 aromatic carbocycles. The molecule has 0 saturated heterocycles. The summed E-state index contributed by atoms with van der Waals surface area (Å²) in [5, 5.41) is 0. The lowest BCUT2D eigenvalue weighted by atomic mass is 10.2. The number of hydrogen-bond acceptors (Lipinski definition) is 6. The Morgan fingerprint density at radius 1 is 1.18 bits per heavy atom. The Labute approximate surface area is 100 Å². The molecule has 0 unspecified atom stereocenters. The van der Waals surface area contributed by atoms with Crippen molar-refractivity contribution in [2.75, 3.05) is 20.5 Å². The Bertz CT molecular complexity index is 498. The number of ether oxygens (including phenoxy) is 2. The largest absolute Gasteiger partial charge is 0.496 e. The second-order valence-corrected chi connectivity index (χ2v) is 5.31. The summed E-state index contributed by atoms with van der Waals surface area (Å²) in [5.41, 5.74) is 0.344. The van der Waals surface area contributed by atoms with Crippen molar-refractivity contribution in [3.8, 4) is 11.5 Å². The summed E-state index contributed by atoms with van der Waals surface area (Å²) in [5.74, 6) is 5.62. The fourth-order valence-electron chi connectivity index (χ4n) is 1.57. The van der Waals surface area contributed by atoms with Crippen LogP contribution in [0.4, 0.5) is 0 Å². The monoisotopic (exact) mass is 261 g/mol. The van der Waals surface area contributed by atoms with E-state index in [0.717, 1.165) is 6.26 Å². The molecule has 0 aliphatic rings. The number of rotatable bonds is 5. The highest BCUT2D eigenvalue weighted by Gasteiger charge is 2.23. The minimum absolute atomic E-state index is 0.0322. The van der Waals surface area contributed by atoms with Crippen molar-refractivity contribution >= 4 is 9.84 Å². The molecule has 0 heterocycles. The smallest absolute Gasteiger partial charge is 0.179 e. The summed E-state index contributed by atoms with van der Waals surface area (Å²) in [7, 11) is -0.641. The highest BCUT2D eigenvalue weighted by molar-refractivity contribution is 7.90. The Morgan fingerprint density at radius 2 is 1.71 bits per heavy atom. The fourth-order valence-corrected chi connectivity index (χ4v) is 2.69. The molecule has 0 aliphatic carbocycles.